The van der Waals surface area contributed by atoms with E-state index >= 15 is 0 Å². The minimum atomic E-state index is -1.15. The number of hydrogen-bond donors (Lipinski definition) is 2. The molecule has 2 aromatic heterocycles. The van der Waals surface area contributed by atoms with E-state index in [-0.39, 0.29) is 28.7 Å². The molecule has 2 aliphatic heterocycles. The van der Waals surface area contributed by atoms with Gasteiger partial charge in [-0.25, -0.2) is 14.6 Å². The molecule has 4 aromatic rings. The third kappa shape index (κ3) is 3.77. The van der Waals surface area contributed by atoms with Crippen LogP contribution in [0.1, 0.15) is 55.0 Å². The van der Waals surface area contributed by atoms with Crippen molar-refractivity contribution in [1.82, 2.24) is 19.5 Å². The maximum absolute atomic E-state index is 13.7. The van der Waals surface area contributed by atoms with Crippen LogP contribution in [0.15, 0.2) is 67.0 Å². The lowest BCUT2D eigenvalue weighted by molar-refractivity contribution is -0.0389. The molecule has 0 saturated carbocycles. The number of anilines is 1. The fraction of sp³-hybridized carbons (Fsp3) is 0.222. The number of aromatic carboxylic acids is 1. The molecule has 186 valence electrons. The van der Waals surface area contributed by atoms with E-state index in [1.807, 2.05) is 48.5 Å². The number of nitrogens with zero attached hydrogens (tertiary/aromatic N) is 4. The van der Waals surface area contributed by atoms with E-state index in [0.717, 1.165) is 11.1 Å². The summed E-state index contributed by atoms with van der Waals surface area (Å²) < 4.78 is 7.18. The second-order valence-corrected chi connectivity index (χ2v) is 9.18. The van der Waals surface area contributed by atoms with E-state index in [0.29, 0.717) is 43.9 Å². The Morgan fingerprint density at radius 3 is 2.49 bits per heavy atom. The second-order valence-electron chi connectivity index (χ2n) is 9.18. The molecule has 0 unspecified atom stereocenters. The summed E-state index contributed by atoms with van der Waals surface area (Å²) >= 11 is 0. The molecule has 10 nitrogen and oxygen atoms in total. The Bertz CT molecular complexity index is 1540. The molecule has 2 aliphatic rings. The first-order valence-electron chi connectivity index (χ1n) is 12.0. The molecule has 1 amide bonds. The van der Waals surface area contributed by atoms with Crippen LogP contribution in [-0.4, -0.2) is 55.5 Å². The minimum absolute atomic E-state index is 0.0524. The fourth-order valence-corrected chi connectivity index (χ4v) is 5.15. The molecule has 1 saturated heterocycles. The highest BCUT2D eigenvalue weighted by molar-refractivity contribution is 6.00. The number of rotatable bonds is 5. The molecule has 2 aromatic carbocycles. The largest absolute Gasteiger partial charge is 0.477 e. The van der Waals surface area contributed by atoms with Crippen molar-refractivity contribution in [2.75, 3.05) is 18.4 Å². The molecule has 6 rings (SSSR count). The van der Waals surface area contributed by atoms with Crippen LogP contribution < -0.4 is 5.32 Å². The van der Waals surface area contributed by atoms with Crippen molar-refractivity contribution in [2.45, 2.75) is 25.0 Å². The van der Waals surface area contributed by atoms with Crippen LogP contribution in [0.2, 0.25) is 0 Å². The molecular weight excluding hydrogens is 474 g/mol. The highest BCUT2D eigenvalue weighted by Gasteiger charge is 2.47. The normalized spacial score (nSPS) is 16.0. The standard InChI is InChI=1S/C27H23N5O5/c33-24(31-12-10-27(11-13-31)21-9-5-4-8-18(21)26(36)37-27)19-15-29-23-20(25(34)35)16-30-32(23)22(19)28-14-17-6-2-1-3-7-17/h1-9,15-16,28H,10-14H2,(H,34,35). The zero-order chi connectivity index (χ0) is 25.6. The minimum Gasteiger partial charge on any atom is -0.477 e. The maximum Gasteiger partial charge on any atom is 0.341 e. The van der Waals surface area contributed by atoms with Gasteiger partial charge in [-0.15, -0.1) is 0 Å². The topological polar surface area (TPSA) is 126 Å². The van der Waals surface area contributed by atoms with Gasteiger partial charge in [0.1, 0.15) is 22.5 Å². The van der Waals surface area contributed by atoms with Crippen LogP contribution in [0.3, 0.4) is 0 Å². The van der Waals surface area contributed by atoms with Crippen LogP contribution >= 0.6 is 0 Å². The Morgan fingerprint density at radius 2 is 1.73 bits per heavy atom. The van der Waals surface area contributed by atoms with E-state index in [9.17, 15) is 19.5 Å². The lowest BCUT2D eigenvalue weighted by Crippen LogP contribution is -2.45. The molecule has 0 atom stereocenters. The SMILES string of the molecule is O=C1OC2(CCN(C(=O)c3cnc4c(C(=O)O)cnn4c3NCc3ccccc3)CC2)c2ccccc21. The molecule has 2 N–H and O–H groups in total. The van der Waals surface area contributed by atoms with Gasteiger partial charge in [-0.05, 0) is 11.6 Å². The van der Waals surface area contributed by atoms with Crippen LogP contribution in [-0.2, 0) is 16.9 Å². The number of aromatic nitrogens is 3. The maximum atomic E-state index is 13.7. The first-order valence-corrected chi connectivity index (χ1v) is 12.0. The summed E-state index contributed by atoms with van der Waals surface area (Å²) in [6.07, 6.45) is 3.58. The number of carbonyl (C=O) groups excluding carboxylic acids is 2. The van der Waals surface area contributed by atoms with Crippen molar-refractivity contribution in [3.05, 3.63) is 94.8 Å². The first kappa shape index (κ1) is 22.7. The number of amides is 1. The van der Waals surface area contributed by atoms with E-state index < -0.39 is 11.6 Å². The highest BCUT2D eigenvalue weighted by Crippen LogP contribution is 2.44. The number of ether oxygens (including phenoxy) is 1. The van der Waals surface area contributed by atoms with Gasteiger partial charge in [0.25, 0.3) is 5.91 Å². The third-order valence-electron chi connectivity index (χ3n) is 7.07. The molecule has 1 spiro atoms. The van der Waals surface area contributed by atoms with Crippen LogP contribution in [0.25, 0.3) is 5.65 Å². The van der Waals surface area contributed by atoms with Gasteiger partial charge in [-0.1, -0.05) is 48.5 Å². The summed E-state index contributed by atoms with van der Waals surface area (Å²) in [4.78, 5) is 43.7. The monoisotopic (exact) mass is 497 g/mol. The predicted molar refractivity (Wildman–Crippen MR) is 132 cm³/mol. The summed E-state index contributed by atoms with van der Waals surface area (Å²) in [5.74, 6) is -1.37. The van der Waals surface area contributed by atoms with Crippen molar-refractivity contribution in [1.29, 1.82) is 0 Å². The van der Waals surface area contributed by atoms with Crippen LogP contribution in [0.5, 0.6) is 0 Å². The molecular formula is C27H23N5O5. The molecule has 0 radical (unpaired) electrons. The third-order valence-corrected chi connectivity index (χ3v) is 7.07. The Morgan fingerprint density at radius 1 is 1.00 bits per heavy atom. The number of piperidine rings is 1. The van der Waals surface area contributed by atoms with Crippen molar-refractivity contribution in [3.8, 4) is 0 Å². The Balaban J connectivity index is 1.30. The van der Waals surface area contributed by atoms with Gasteiger partial charge >= 0.3 is 11.9 Å². The average molecular weight is 498 g/mol. The molecule has 4 heterocycles. The number of fused-ring (bicyclic) bond motifs is 3. The summed E-state index contributed by atoms with van der Waals surface area (Å²) in [6.45, 7) is 1.17. The Labute approximate surface area is 211 Å². The highest BCUT2D eigenvalue weighted by atomic mass is 16.6. The quantitative estimate of drug-likeness (QED) is 0.402. The number of nitrogens with one attached hydrogen (secondary N) is 1. The van der Waals surface area contributed by atoms with Gasteiger partial charge in [0.15, 0.2) is 5.65 Å². The van der Waals surface area contributed by atoms with Crippen molar-refractivity contribution < 1.29 is 24.2 Å². The summed E-state index contributed by atoms with van der Waals surface area (Å²) in [7, 11) is 0. The van der Waals surface area contributed by atoms with Gasteiger partial charge < -0.3 is 20.1 Å². The van der Waals surface area contributed by atoms with Gasteiger partial charge in [0.2, 0.25) is 0 Å². The number of carboxylic acid groups (broad SMARTS) is 1. The van der Waals surface area contributed by atoms with Crippen LogP contribution in [0, 0.1) is 0 Å². The van der Waals surface area contributed by atoms with Gasteiger partial charge in [-0.3, -0.25) is 4.79 Å². The number of likely N-dealkylation sites (tertiary alicyclic amines) is 1. The lowest BCUT2D eigenvalue weighted by Gasteiger charge is -2.38. The number of esters is 1. The summed E-state index contributed by atoms with van der Waals surface area (Å²) in [5.41, 5.74) is 2.09. The number of benzene rings is 2. The summed E-state index contributed by atoms with van der Waals surface area (Å²) in [5, 5.41) is 17.0. The average Bonchev–Trinajstić information content (AvgIpc) is 3.48. The molecule has 1 fully saturated rings. The molecule has 0 bridgehead atoms. The number of carbonyl (C=O) groups is 3. The Kier molecular flexibility index (Phi) is 5.36. The van der Waals surface area contributed by atoms with Crippen molar-refractivity contribution >= 4 is 29.3 Å². The van der Waals surface area contributed by atoms with E-state index in [4.69, 9.17) is 4.74 Å². The molecule has 10 heteroatoms. The van der Waals surface area contributed by atoms with Gasteiger partial charge in [0.05, 0.1) is 11.8 Å². The van der Waals surface area contributed by atoms with E-state index in [1.54, 1.807) is 11.0 Å². The number of carboxylic acids is 1. The molecule has 37 heavy (non-hydrogen) atoms. The zero-order valence-corrected chi connectivity index (χ0v) is 19.8. The van der Waals surface area contributed by atoms with Gasteiger partial charge in [0, 0.05) is 44.2 Å². The molecule has 0 aliphatic carbocycles. The zero-order valence-electron chi connectivity index (χ0n) is 19.8. The number of hydrogen-bond acceptors (Lipinski definition) is 7. The van der Waals surface area contributed by atoms with Crippen molar-refractivity contribution in [3.63, 3.8) is 0 Å². The van der Waals surface area contributed by atoms with Crippen molar-refractivity contribution in [2.24, 2.45) is 0 Å². The van der Waals surface area contributed by atoms with E-state index in [2.05, 4.69) is 15.4 Å². The fourth-order valence-electron chi connectivity index (χ4n) is 5.15. The smallest absolute Gasteiger partial charge is 0.341 e. The Hall–Kier alpha value is -4.73. The lowest BCUT2D eigenvalue weighted by atomic mass is 9.83. The van der Waals surface area contributed by atoms with Crippen LogP contribution in [0.4, 0.5) is 5.82 Å². The second kappa shape index (κ2) is 8.74. The summed E-state index contributed by atoms with van der Waals surface area (Å²) in [6, 6.07) is 17.0. The first-order chi connectivity index (χ1) is 18.0. The predicted octanol–water partition coefficient (Wildman–Crippen LogP) is 3.34. The van der Waals surface area contributed by atoms with Gasteiger partial charge in [-0.2, -0.15) is 9.61 Å². The van der Waals surface area contributed by atoms with E-state index in [1.165, 1.54) is 16.9 Å².